The van der Waals surface area contributed by atoms with E-state index < -0.39 is 0 Å². The molecule has 2 heterocycles. The first-order valence-electron chi connectivity index (χ1n) is 5.17. The smallest absolute Gasteiger partial charge is 0.145 e. The fourth-order valence-electron chi connectivity index (χ4n) is 1.85. The number of aromatic hydroxyl groups is 1. The van der Waals surface area contributed by atoms with Crippen molar-refractivity contribution >= 4 is 21.4 Å². The highest BCUT2D eigenvalue weighted by Gasteiger charge is 2.10. The number of fused-ring (bicyclic) bond motifs is 1. The third-order valence-electron chi connectivity index (χ3n) is 2.66. The lowest BCUT2D eigenvalue weighted by atomic mass is 10.2. The Morgan fingerprint density at radius 2 is 1.94 bits per heavy atom. The van der Waals surface area contributed by atoms with Crippen molar-refractivity contribution < 1.29 is 5.11 Å². The molecule has 3 aromatic rings. The summed E-state index contributed by atoms with van der Waals surface area (Å²) >= 11 is 3.51. The lowest BCUT2D eigenvalue weighted by Crippen LogP contribution is -1.89. The van der Waals surface area contributed by atoms with Gasteiger partial charge in [0.15, 0.2) is 0 Å². The molecule has 0 amide bonds. The Balaban J connectivity index is 2.33. The van der Waals surface area contributed by atoms with E-state index in [9.17, 15) is 5.11 Å². The molecule has 0 bridgehead atoms. The minimum absolute atomic E-state index is 0.235. The molecule has 0 atom stereocenters. The van der Waals surface area contributed by atoms with Crippen molar-refractivity contribution in [1.82, 2.24) is 9.38 Å². The van der Waals surface area contributed by atoms with Gasteiger partial charge in [0.1, 0.15) is 17.1 Å². The minimum atomic E-state index is 0.235. The number of rotatable bonds is 1. The SMILES string of the molecule is Oc1cccn2c(-c3ccccc3Br)ncc12. The van der Waals surface area contributed by atoms with Gasteiger partial charge >= 0.3 is 0 Å². The number of aromatic nitrogens is 2. The van der Waals surface area contributed by atoms with Crippen LogP contribution in [-0.4, -0.2) is 14.5 Å². The van der Waals surface area contributed by atoms with Gasteiger partial charge in [0.2, 0.25) is 0 Å². The molecule has 0 unspecified atom stereocenters. The third-order valence-corrected chi connectivity index (χ3v) is 3.35. The van der Waals surface area contributed by atoms with Gasteiger partial charge in [-0.25, -0.2) is 4.98 Å². The number of pyridine rings is 1. The van der Waals surface area contributed by atoms with E-state index >= 15 is 0 Å². The second kappa shape index (κ2) is 3.89. The van der Waals surface area contributed by atoms with Gasteiger partial charge in [-0.2, -0.15) is 0 Å². The van der Waals surface area contributed by atoms with E-state index in [4.69, 9.17) is 0 Å². The second-order valence-corrected chi connectivity index (χ2v) is 4.56. The molecular formula is C13H9BrN2O. The van der Waals surface area contributed by atoms with Gasteiger partial charge in [0.05, 0.1) is 6.20 Å². The third kappa shape index (κ3) is 1.61. The molecule has 4 heteroatoms. The molecule has 0 aliphatic rings. The summed E-state index contributed by atoms with van der Waals surface area (Å²) in [5.74, 6) is 1.04. The van der Waals surface area contributed by atoms with Crippen LogP contribution in [-0.2, 0) is 0 Å². The standard InChI is InChI=1S/C13H9BrN2O/c14-10-5-2-1-4-9(10)13-15-8-11-12(17)6-3-7-16(11)13/h1-8,17H. The van der Waals surface area contributed by atoms with Gasteiger partial charge in [-0.1, -0.05) is 34.1 Å². The number of nitrogens with zero attached hydrogens (tertiary/aromatic N) is 2. The van der Waals surface area contributed by atoms with Crippen molar-refractivity contribution in [2.45, 2.75) is 0 Å². The number of hydrogen-bond acceptors (Lipinski definition) is 2. The van der Waals surface area contributed by atoms with Crippen LogP contribution in [0, 0.1) is 0 Å². The van der Waals surface area contributed by atoms with E-state index in [0.29, 0.717) is 5.52 Å². The van der Waals surface area contributed by atoms with Crippen molar-refractivity contribution in [2.24, 2.45) is 0 Å². The van der Waals surface area contributed by atoms with Crippen LogP contribution < -0.4 is 0 Å². The monoisotopic (exact) mass is 288 g/mol. The van der Waals surface area contributed by atoms with Crippen LogP contribution in [0.15, 0.2) is 53.3 Å². The highest BCUT2D eigenvalue weighted by molar-refractivity contribution is 9.10. The van der Waals surface area contributed by atoms with Gasteiger partial charge in [-0.15, -0.1) is 0 Å². The lowest BCUT2D eigenvalue weighted by Gasteiger charge is -2.04. The topological polar surface area (TPSA) is 37.5 Å². The van der Waals surface area contributed by atoms with Crippen molar-refractivity contribution in [1.29, 1.82) is 0 Å². The molecule has 0 saturated heterocycles. The number of benzene rings is 1. The number of imidazole rings is 1. The number of halogens is 1. The molecule has 0 fully saturated rings. The first kappa shape index (κ1) is 10.4. The fraction of sp³-hybridized carbons (Fsp3) is 0. The van der Waals surface area contributed by atoms with Gasteiger partial charge in [-0.05, 0) is 18.2 Å². The van der Waals surface area contributed by atoms with Gasteiger partial charge < -0.3 is 5.11 Å². The van der Waals surface area contributed by atoms with E-state index in [2.05, 4.69) is 20.9 Å². The van der Waals surface area contributed by atoms with Crippen molar-refractivity contribution in [3.8, 4) is 17.1 Å². The molecule has 17 heavy (non-hydrogen) atoms. The molecule has 3 nitrogen and oxygen atoms in total. The molecule has 0 aliphatic carbocycles. The normalized spacial score (nSPS) is 10.9. The highest BCUT2D eigenvalue weighted by atomic mass is 79.9. The Hall–Kier alpha value is -1.81. The first-order chi connectivity index (χ1) is 8.27. The van der Waals surface area contributed by atoms with Gasteiger partial charge in [-0.3, -0.25) is 4.40 Å². The Morgan fingerprint density at radius 1 is 1.12 bits per heavy atom. The summed E-state index contributed by atoms with van der Waals surface area (Å²) in [4.78, 5) is 4.36. The second-order valence-electron chi connectivity index (χ2n) is 3.71. The Bertz CT molecular complexity index is 691. The van der Waals surface area contributed by atoms with Crippen LogP contribution >= 0.6 is 15.9 Å². The molecular weight excluding hydrogens is 280 g/mol. The largest absolute Gasteiger partial charge is 0.506 e. The Morgan fingerprint density at radius 3 is 2.76 bits per heavy atom. The van der Waals surface area contributed by atoms with Crippen LogP contribution in [0.25, 0.3) is 16.9 Å². The Kier molecular flexibility index (Phi) is 2.37. The van der Waals surface area contributed by atoms with Crippen LogP contribution in [0.2, 0.25) is 0 Å². The summed E-state index contributed by atoms with van der Waals surface area (Å²) in [6.45, 7) is 0. The zero-order chi connectivity index (χ0) is 11.8. The summed E-state index contributed by atoms with van der Waals surface area (Å²) < 4.78 is 2.85. The van der Waals surface area contributed by atoms with Crippen LogP contribution in [0.1, 0.15) is 0 Å². The van der Waals surface area contributed by atoms with Gasteiger partial charge in [0.25, 0.3) is 0 Å². The van der Waals surface area contributed by atoms with Crippen LogP contribution in [0.5, 0.6) is 5.75 Å². The molecule has 0 radical (unpaired) electrons. The van der Waals surface area contributed by atoms with Crippen LogP contribution in [0.3, 0.4) is 0 Å². The zero-order valence-electron chi connectivity index (χ0n) is 8.84. The summed E-state index contributed by atoms with van der Waals surface area (Å²) in [7, 11) is 0. The molecule has 0 aliphatic heterocycles. The quantitative estimate of drug-likeness (QED) is 0.744. The maximum atomic E-state index is 9.73. The molecule has 0 spiro atoms. The van der Waals surface area contributed by atoms with Crippen molar-refractivity contribution in [3.05, 3.63) is 53.3 Å². The van der Waals surface area contributed by atoms with Crippen molar-refractivity contribution in [2.75, 3.05) is 0 Å². The maximum absolute atomic E-state index is 9.73. The molecule has 0 saturated carbocycles. The highest BCUT2D eigenvalue weighted by Crippen LogP contribution is 2.29. The fourth-order valence-corrected chi connectivity index (χ4v) is 2.31. The molecule has 1 N–H and O–H groups in total. The minimum Gasteiger partial charge on any atom is -0.506 e. The number of hydrogen-bond donors (Lipinski definition) is 1. The maximum Gasteiger partial charge on any atom is 0.145 e. The van der Waals surface area contributed by atoms with E-state index in [1.807, 2.05) is 34.9 Å². The van der Waals surface area contributed by atoms with Crippen molar-refractivity contribution in [3.63, 3.8) is 0 Å². The zero-order valence-corrected chi connectivity index (χ0v) is 10.4. The average molecular weight is 289 g/mol. The molecule has 2 aromatic heterocycles. The Labute approximate surface area is 106 Å². The predicted molar refractivity (Wildman–Crippen MR) is 70.0 cm³/mol. The summed E-state index contributed by atoms with van der Waals surface area (Å²) in [6.07, 6.45) is 3.56. The van der Waals surface area contributed by atoms with E-state index in [1.165, 1.54) is 0 Å². The molecule has 3 rings (SSSR count). The van der Waals surface area contributed by atoms with E-state index in [-0.39, 0.29) is 5.75 Å². The van der Waals surface area contributed by atoms with E-state index in [1.54, 1.807) is 18.3 Å². The molecule has 1 aromatic carbocycles. The van der Waals surface area contributed by atoms with E-state index in [0.717, 1.165) is 15.9 Å². The lowest BCUT2D eigenvalue weighted by molar-refractivity contribution is 0.479. The molecule has 84 valence electrons. The van der Waals surface area contributed by atoms with Crippen LogP contribution in [0.4, 0.5) is 0 Å². The summed E-state index contributed by atoms with van der Waals surface area (Å²) in [5.41, 5.74) is 1.70. The average Bonchev–Trinajstić information content (AvgIpc) is 2.75. The van der Waals surface area contributed by atoms with Gasteiger partial charge in [0, 0.05) is 16.2 Å². The predicted octanol–water partition coefficient (Wildman–Crippen LogP) is 3.47. The summed E-state index contributed by atoms with van der Waals surface area (Å²) in [6, 6.07) is 11.3. The summed E-state index contributed by atoms with van der Waals surface area (Å²) in [5, 5.41) is 9.73. The first-order valence-corrected chi connectivity index (χ1v) is 5.96.